The zero-order chi connectivity index (χ0) is 19.7. The van der Waals surface area contributed by atoms with Crippen molar-refractivity contribution in [1.29, 1.82) is 0 Å². The number of carbonyl (C=O) groups excluding carboxylic acids is 2. The van der Waals surface area contributed by atoms with Gasteiger partial charge in [0.1, 0.15) is 5.82 Å². The fourth-order valence-corrected chi connectivity index (χ4v) is 4.27. The summed E-state index contributed by atoms with van der Waals surface area (Å²) in [5.74, 6) is -0.780. The second-order valence-corrected chi connectivity index (χ2v) is 7.46. The molecule has 2 saturated heterocycles. The van der Waals surface area contributed by atoms with Crippen molar-refractivity contribution in [3.8, 4) is 0 Å². The highest BCUT2D eigenvalue weighted by Gasteiger charge is 2.44. The van der Waals surface area contributed by atoms with Gasteiger partial charge in [-0.3, -0.25) is 9.59 Å². The van der Waals surface area contributed by atoms with Crippen LogP contribution in [0.1, 0.15) is 18.0 Å². The Morgan fingerprint density at radius 2 is 1.61 bits per heavy atom. The first-order valence-corrected chi connectivity index (χ1v) is 9.64. The van der Waals surface area contributed by atoms with Gasteiger partial charge in [0.05, 0.1) is 12.0 Å². The number of likely N-dealkylation sites (tertiary alicyclic amines) is 1. The lowest BCUT2D eigenvalue weighted by Crippen LogP contribution is -2.51. The van der Waals surface area contributed by atoms with Crippen molar-refractivity contribution in [3.63, 3.8) is 0 Å². The Kier molecular flexibility index (Phi) is 5.03. The van der Waals surface area contributed by atoms with Crippen molar-refractivity contribution < 1.29 is 14.0 Å². The number of benzene rings is 2. The summed E-state index contributed by atoms with van der Waals surface area (Å²) >= 11 is 0. The molecule has 0 spiro atoms. The topological polar surface area (TPSA) is 43.9 Å². The largest absolute Gasteiger partial charge is 0.368 e. The first kappa shape index (κ1) is 18.5. The monoisotopic (exact) mass is 381 g/mol. The predicted molar refractivity (Wildman–Crippen MR) is 105 cm³/mol. The number of halogens is 1. The van der Waals surface area contributed by atoms with Gasteiger partial charge >= 0.3 is 0 Å². The lowest BCUT2D eigenvalue weighted by molar-refractivity contribution is -0.136. The molecular formula is C22H24FN3O2. The van der Waals surface area contributed by atoms with Crippen LogP contribution < -0.4 is 4.90 Å². The molecule has 0 unspecified atom stereocenters. The van der Waals surface area contributed by atoms with Crippen molar-refractivity contribution in [1.82, 2.24) is 9.80 Å². The molecule has 2 amide bonds. The molecule has 2 fully saturated rings. The summed E-state index contributed by atoms with van der Waals surface area (Å²) in [6, 6.07) is 15.9. The summed E-state index contributed by atoms with van der Waals surface area (Å²) < 4.78 is 13.3. The minimum atomic E-state index is -0.425. The normalized spacial score (nSPS) is 22.6. The highest BCUT2D eigenvalue weighted by Crippen LogP contribution is 2.38. The SMILES string of the molecule is CN1C(=O)C[C@@H](C(=O)N2CCN(c3ccccc3)CC2)[C@H]1c1ccc(F)cc1. The van der Waals surface area contributed by atoms with Crippen LogP contribution in [0.25, 0.3) is 0 Å². The molecule has 0 aromatic heterocycles. The third-order valence-electron chi connectivity index (χ3n) is 5.83. The Hall–Kier alpha value is -2.89. The number of hydrogen-bond donors (Lipinski definition) is 0. The molecule has 0 bridgehead atoms. The fourth-order valence-electron chi connectivity index (χ4n) is 4.27. The van der Waals surface area contributed by atoms with Gasteiger partial charge in [-0.1, -0.05) is 30.3 Å². The lowest BCUT2D eigenvalue weighted by atomic mass is 9.92. The van der Waals surface area contributed by atoms with Crippen molar-refractivity contribution in [2.45, 2.75) is 12.5 Å². The first-order chi connectivity index (χ1) is 13.5. The van der Waals surface area contributed by atoms with E-state index in [-0.39, 0.29) is 30.1 Å². The standard InChI is InChI=1S/C22H24FN3O2/c1-24-20(27)15-19(21(24)16-7-9-17(23)10-8-16)22(28)26-13-11-25(12-14-26)18-5-3-2-4-6-18/h2-10,19,21H,11-15H2,1H3/t19-,21-/m1/s1. The van der Waals surface area contributed by atoms with E-state index in [1.165, 1.54) is 12.1 Å². The number of hydrogen-bond acceptors (Lipinski definition) is 3. The molecule has 2 heterocycles. The number of rotatable bonds is 3. The molecule has 0 radical (unpaired) electrons. The van der Waals surface area contributed by atoms with Crippen LogP contribution in [0, 0.1) is 11.7 Å². The summed E-state index contributed by atoms with van der Waals surface area (Å²) in [7, 11) is 1.72. The van der Waals surface area contributed by atoms with Gasteiger partial charge in [-0.05, 0) is 29.8 Å². The number of carbonyl (C=O) groups is 2. The van der Waals surface area contributed by atoms with Crippen LogP contribution >= 0.6 is 0 Å². The van der Waals surface area contributed by atoms with Crippen molar-refractivity contribution in [2.24, 2.45) is 5.92 Å². The summed E-state index contributed by atoms with van der Waals surface area (Å²) in [6.45, 7) is 2.82. The number of amides is 2. The number of anilines is 1. The molecule has 0 saturated carbocycles. The van der Waals surface area contributed by atoms with Crippen LogP contribution in [0.3, 0.4) is 0 Å². The van der Waals surface area contributed by atoms with E-state index in [1.807, 2.05) is 23.1 Å². The molecule has 2 atom stereocenters. The lowest BCUT2D eigenvalue weighted by Gasteiger charge is -2.38. The minimum absolute atomic E-state index is 0.0136. The van der Waals surface area contributed by atoms with Crippen LogP contribution in [-0.4, -0.2) is 54.8 Å². The highest BCUT2D eigenvalue weighted by molar-refractivity contribution is 5.90. The molecule has 2 aromatic carbocycles. The Morgan fingerprint density at radius 3 is 2.25 bits per heavy atom. The highest BCUT2D eigenvalue weighted by atomic mass is 19.1. The van der Waals surface area contributed by atoms with Gasteiger partial charge in [0, 0.05) is 45.3 Å². The van der Waals surface area contributed by atoms with Crippen molar-refractivity contribution in [2.75, 3.05) is 38.1 Å². The maximum absolute atomic E-state index is 13.3. The quantitative estimate of drug-likeness (QED) is 0.821. The molecule has 2 aromatic rings. The Balaban J connectivity index is 1.47. The molecule has 4 rings (SSSR count). The summed E-state index contributed by atoms with van der Waals surface area (Å²) in [6.07, 6.45) is 0.205. The average molecular weight is 381 g/mol. The molecular weight excluding hydrogens is 357 g/mol. The Bertz CT molecular complexity index is 848. The third-order valence-corrected chi connectivity index (χ3v) is 5.83. The molecule has 6 heteroatoms. The fraction of sp³-hybridized carbons (Fsp3) is 0.364. The maximum atomic E-state index is 13.3. The van der Waals surface area contributed by atoms with E-state index in [0.717, 1.165) is 24.3 Å². The van der Waals surface area contributed by atoms with E-state index in [4.69, 9.17) is 0 Å². The van der Waals surface area contributed by atoms with Crippen LogP contribution in [0.4, 0.5) is 10.1 Å². The van der Waals surface area contributed by atoms with E-state index < -0.39 is 5.92 Å². The van der Waals surface area contributed by atoms with Gasteiger partial charge in [0.25, 0.3) is 0 Å². The van der Waals surface area contributed by atoms with Crippen molar-refractivity contribution in [3.05, 3.63) is 66.0 Å². The summed E-state index contributed by atoms with van der Waals surface area (Å²) in [4.78, 5) is 31.3. The Labute approximate surface area is 164 Å². The summed E-state index contributed by atoms with van der Waals surface area (Å²) in [5.41, 5.74) is 1.96. The maximum Gasteiger partial charge on any atom is 0.228 e. The molecule has 2 aliphatic heterocycles. The van der Waals surface area contributed by atoms with E-state index >= 15 is 0 Å². The van der Waals surface area contributed by atoms with Gasteiger partial charge in [0.2, 0.25) is 11.8 Å². The van der Waals surface area contributed by atoms with Gasteiger partial charge in [-0.15, -0.1) is 0 Å². The van der Waals surface area contributed by atoms with Crippen LogP contribution in [0.2, 0.25) is 0 Å². The predicted octanol–water partition coefficient (Wildman–Crippen LogP) is 2.69. The van der Waals surface area contributed by atoms with E-state index in [9.17, 15) is 14.0 Å². The molecule has 2 aliphatic rings. The van der Waals surface area contributed by atoms with Gasteiger partial charge < -0.3 is 14.7 Å². The minimum Gasteiger partial charge on any atom is -0.368 e. The zero-order valence-electron chi connectivity index (χ0n) is 15.9. The molecule has 0 aliphatic carbocycles. The smallest absolute Gasteiger partial charge is 0.228 e. The second-order valence-electron chi connectivity index (χ2n) is 7.46. The summed E-state index contributed by atoms with van der Waals surface area (Å²) in [5, 5.41) is 0. The molecule has 146 valence electrons. The van der Waals surface area contributed by atoms with E-state index in [1.54, 1.807) is 24.1 Å². The van der Waals surface area contributed by atoms with Crippen LogP contribution in [0.5, 0.6) is 0 Å². The second kappa shape index (κ2) is 7.62. The molecule has 5 nitrogen and oxygen atoms in total. The van der Waals surface area contributed by atoms with E-state index in [0.29, 0.717) is 13.1 Å². The Morgan fingerprint density at radius 1 is 0.964 bits per heavy atom. The molecule has 0 N–H and O–H groups in total. The first-order valence-electron chi connectivity index (χ1n) is 9.64. The average Bonchev–Trinajstić information content (AvgIpc) is 3.03. The third kappa shape index (κ3) is 3.46. The van der Waals surface area contributed by atoms with Crippen LogP contribution in [0.15, 0.2) is 54.6 Å². The van der Waals surface area contributed by atoms with Gasteiger partial charge in [-0.2, -0.15) is 0 Å². The number of nitrogens with zero attached hydrogens (tertiary/aromatic N) is 3. The van der Waals surface area contributed by atoms with Crippen LogP contribution in [-0.2, 0) is 9.59 Å². The van der Waals surface area contributed by atoms with Gasteiger partial charge in [-0.25, -0.2) is 4.39 Å². The van der Waals surface area contributed by atoms with E-state index in [2.05, 4.69) is 17.0 Å². The number of piperazine rings is 1. The van der Waals surface area contributed by atoms with Crippen molar-refractivity contribution >= 4 is 17.5 Å². The number of para-hydroxylation sites is 1. The zero-order valence-corrected chi connectivity index (χ0v) is 15.9. The van der Waals surface area contributed by atoms with Gasteiger partial charge in [0.15, 0.2) is 0 Å². The molecule has 28 heavy (non-hydrogen) atoms.